The van der Waals surface area contributed by atoms with Gasteiger partial charge in [-0.15, -0.1) is 0 Å². The molecular weight excluding hydrogens is 366 g/mol. The van der Waals surface area contributed by atoms with E-state index >= 15 is 0 Å². The fraction of sp³-hybridized carbons (Fsp3) is 0.474. The maximum Gasteiger partial charge on any atom is 0.244 e. The van der Waals surface area contributed by atoms with Crippen LogP contribution in [0.1, 0.15) is 50.6 Å². The number of carbonyl (C=O) groups excluding carboxylic acids is 1. The highest BCUT2D eigenvalue weighted by Crippen LogP contribution is 2.39. The summed E-state index contributed by atoms with van der Waals surface area (Å²) in [5.74, 6) is 0.0265. The summed E-state index contributed by atoms with van der Waals surface area (Å²) in [6.45, 7) is 2.57. The summed E-state index contributed by atoms with van der Waals surface area (Å²) in [6.07, 6.45) is 9.50. The van der Waals surface area contributed by atoms with Crippen molar-refractivity contribution in [1.82, 2.24) is 15.1 Å². The summed E-state index contributed by atoms with van der Waals surface area (Å²) in [5, 5.41) is 7.35. The lowest BCUT2D eigenvalue weighted by atomic mass is 9.69. The van der Waals surface area contributed by atoms with Crippen LogP contribution < -0.4 is 5.32 Å². The maximum atomic E-state index is 12.5. The summed E-state index contributed by atoms with van der Waals surface area (Å²) >= 11 is 3.58. The van der Waals surface area contributed by atoms with Crippen LogP contribution in [0, 0.1) is 0 Å². The highest BCUT2D eigenvalue weighted by atomic mass is 79.9. The first kappa shape index (κ1) is 17.2. The predicted octanol–water partition coefficient (Wildman–Crippen LogP) is 4.22. The van der Waals surface area contributed by atoms with Crippen LogP contribution in [0.15, 0.2) is 47.2 Å². The number of rotatable bonds is 5. The van der Waals surface area contributed by atoms with Crippen molar-refractivity contribution in [2.45, 2.75) is 50.5 Å². The largest absolute Gasteiger partial charge is 0.353 e. The molecule has 0 saturated heterocycles. The first-order chi connectivity index (χ1) is 11.6. The van der Waals surface area contributed by atoms with E-state index in [1.807, 2.05) is 19.2 Å². The molecule has 1 aliphatic rings. The molecule has 1 N–H and O–H groups in total. The number of hydrogen-bond donors (Lipinski definition) is 1. The molecule has 0 radical (unpaired) electrons. The van der Waals surface area contributed by atoms with E-state index in [2.05, 4.69) is 50.6 Å². The Labute approximate surface area is 151 Å². The summed E-state index contributed by atoms with van der Waals surface area (Å²) in [5.41, 5.74) is 1.37. The third-order valence-electron chi connectivity index (χ3n) is 5.15. The molecule has 0 bridgehead atoms. The number of benzene rings is 1. The van der Waals surface area contributed by atoms with E-state index in [4.69, 9.17) is 0 Å². The topological polar surface area (TPSA) is 46.9 Å². The zero-order valence-electron chi connectivity index (χ0n) is 14.0. The predicted molar refractivity (Wildman–Crippen MR) is 98.9 cm³/mol. The van der Waals surface area contributed by atoms with Gasteiger partial charge in [0.2, 0.25) is 5.91 Å². The van der Waals surface area contributed by atoms with Crippen molar-refractivity contribution in [1.29, 1.82) is 0 Å². The van der Waals surface area contributed by atoms with Crippen LogP contribution in [0.3, 0.4) is 0 Å². The van der Waals surface area contributed by atoms with Crippen LogP contribution in [-0.2, 0) is 10.2 Å². The molecule has 0 unspecified atom stereocenters. The fourth-order valence-electron chi connectivity index (χ4n) is 3.65. The summed E-state index contributed by atoms with van der Waals surface area (Å²) < 4.78 is 2.79. The standard InChI is InChI=1S/C19H24BrN3O/c1-15(23-12-6-11-22-23)18(24)21-14-19(9-3-2-4-10-19)16-7-5-8-17(20)13-16/h5-8,11-13,15H,2-4,9-10,14H2,1H3,(H,21,24)/t15-/m0/s1. The summed E-state index contributed by atoms with van der Waals surface area (Å²) in [7, 11) is 0. The first-order valence-corrected chi connectivity index (χ1v) is 9.43. The van der Waals surface area contributed by atoms with Crippen LogP contribution in [-0.4, -0.2) is 22.2 Å². The molecule has 5 heteroatoms. The average Bonchev–Trinajstić information content (AvgIpc) is 3.14. The number of nitrogens with one attached hydrogen (secondary N) is 1. The molecule has 24 heavy (non-hydrogen) atoms. The molecule has 1 aromatic carbocycles. The molecule has 1 fully saturated rings. The number of aromatic nitrogens is 2. The van der Waals surface area contributed by atoms with Crippen molar-refractivity contribution in [2.75, 3.05) is 6.54 Å². The van der Waals surface area contributed by atoms with Gasteiger partial charge in [0.1, 0.15) is 6.04 Å². The molecule has 3 rings (SSSR count). The van der Waals surface area contributed by atoms with Crippen molar-refractivity contribution in [3.63, 3.8) is 0 Å². The van der Waals surface area contributed by atoms with Crippen LogP contribution >= 0.6 is 15.9 Å². The number of nitrogens with zero attached hydrogens (tertiary/aromatic N) is 2. The molecular formula is C19H24BrN3O. The lowest BCUT2D eigenvalue weighted by Crippen LogP contribution is -2.44. The quantitative estimate of drug-likeness (QED) is 0.831. The van der Waals surface area contributed by atoms with E-state index < -0.39 is 0 Å². The first-order valence-electron chi connectivity index (χ1n) is 8.64. The smallest absolute Gasteiger partial charge is 0.244 e. The molecule has 0 aliphatic heterocycles. The van der Waals surface area contributed by atoms with Gasteiger partial charge in [0.15, 0.2) is 0 Å². The Morgan fingerprint density at radius 2 is 2.12 bits per heavy atom. The summed E-state index contributed by atoms with van der Waals surface area (Å²) in [4.78, 5) is 12.5. The van der Waals surface area contributed by atoms with Gasteiger partial charge in [0.25, 0.3) is 0 Å². The Balaban J connectivity index is 1.74. The molecule has 1 amide bonds. The van der Waals surface area contributed by atoms with Crippen molar-refractivity contribution < 1.29 is 4.79 Å². The lowest BCUT2D eigenvalue weighted by Gasteiger charge is -2.38. The van der Waals surface area contributed by atoms with Crippen LogP contribution in [0.5, 0.6) is 0 Å². The van der Waals surface area contributed by atoms with Crippen LogP contribution in [0.4, 0.5) is 0 Å². The van der Waals surface area contributed by atoms with Crippen molar-refractivity contribution >= 4 is 21.8 Å². The Hall–Kier alpha value is -1.62. The number of amides is 1. The molecule has 4 nitrogen and oxygen atoms in total. The molecule has 1 atom stereocenters. The number of hydrogen-bond acceptors (Lipinski definition) is 2. The minimum Gasteiger partial charge on any atom is -0.353 e. The van der Waals surface area contributed by atoms with Gasteiger partial charge < -0.3 is 5.32 Å². The Morgan fingerprint density at radius 1 is 1.33 bits per heavy atom. The van der Waals surface area contributed by atoms with Crippen molar-refractivity contribution in [2.24, 2.45) is 0 Å². The van der Waals surface area contributed by atoms with Gasteiger partial charge in [-0.3, -0.25) is 9.48 Å². The second-order valence-corrected chi connectivity index (χ2v) is 7.65. The average molecular weight is 390 g/mol. The molecule has 1 saturated carbocycles. The normalized spacial score (nSPS) is 18.1. The fourth-order valence-corrected chi connectivity index (χ4v) is 4.05. The zero-order chi connectivity index (χ0) is 17.0. The van der Waals surface area contributed by atoms with E-state index in [0.29, 0.717) is 6.54 Å². The van der Waals surface area contributed by atoms with E-state index in [9.17, 15) is 4.79 Å². The molecule has 1 heterocycles. The van der Waals surface area contributed by atoms with E-state index in [1.54, 1.807) is 10.9 Å². The Morgan fingerprint density at radius 3 is 2.79 bits per heavy atom. The van der Waals surface area contributed by atoms with Gasteiger partial charge >= 0.3 is 0 Å². The number of carbonyl (C=O) groups is 1. The minimum atomic E-state index is -0.289. The maximum absolute atomic E-state index is 12.5. The molecule has 1 aromatic heterocycles. The van der Waals surface area contributed by atoms with E-state index in [0.717, 1.165) is 17.3 Å². The minimum absolute atomic E-state index is 0.0265. The highest BCUT2D eigenvalue weighted by Gasteiger charge is 2.34. The van der Waals surface area contributed by atoms with Crippen LogP contribution in [0.2, 0.25) is 0 Å². The highest BCUT2D eigenvalue weighted by molar-refractivity contribution is 9.10. The molecule has 128 valence electrons. The van der Waals surface area contributed by atoms with Crippen molar-refractivity contribution in [3.8, 4) is 0 Å². The van der Waals surface area contributed by atoms with Gasteiger partial charge in [-0.25, -0.2) is 0 Å². The second kappa shape index (κ2) is 7.51. The number of halogens is 1. The van der Waals surface area contributed by atoms with Gasteiger partial charge in [0, 0.05) is 28.8 Å². The third-order valence-corrected chi connectivity index (χ3v) is 5.64. The molecule has 2 aromatic rings. The monoisotopic (exact) mass is 389 g/mol. The molecule has 0 spiro atoms. The Bertz CT molecular complexity index is 678. The molecule has 1 aliphatic carbocycles. The van der Waals surface area contributed by atoms with Gasteiger partial charge in [-0.1, -0.05) is 47.3 Å². The second-order valence-electron chi connectivity index (χ2n) is 6.73. The van der Waals surface area contributed by atoms with Gasteiger partial charge in [0.05, 0.1) is 0 Å². The lowest BCUT2D eigenvalue weighted by molar-refractivity contribution is -0.124. The van der Waals surface area contributed by atoms with Crippen LogP contribution in [0.25, 0.3) is 0 Å². The zero-order valence-corrected chi connectivity index (χ0v) is 15.6. The van der Waals surface area contributed by atoms with Gasteiger partial charge in [-0.05, 0) is 43.5 Å². The van der Waals surface area contributed by atoms with E-state index in [-0.39, 0.29) is 17.4 Å². The van der Waals surface area contributed by atoms with Gasteiger partial charge in [-0.2, -0.15) is 5.10 Å². The SMILES string of the molecule is C[C@@H](C(=O)NCC1(c2cccc(Br)c2)CCCCC1)n1cccn1. The third kappa shape index (κ3) is 3.72. The van der Waals surface area contributed by atoms with Crippen molar-refractivity contribution in [3.05, 3.63) is 52.8 Å². The Kier molecular flexibility index (Phi) is 5.39. The van der Waals surface area contributed by atoms with E-state index in [1.165, 1.54) is 24.8 Å². The summed E-state index contributed by atoms with van der Waals surface area (Å²) in [6, 6.07) is 10.1.